The molecule has 37 heavy (non-hydrogen) atoms. The Balaban J connectivity index is 0.00000190. The Kier molecular flexibility index (Phi) is 8.81. The van der Waals surface area contributed by atoms with Crippen molar-refractivity contribution in [2.45, 2.75) is 41.0 Å². The molecular formula is C30H33FN2O3S. The van der Waals surface area contributed by atoms with Gasteiger partial charge < -0.3 is 10.1 Å². The van der Waals surface area contributed by atoms with E-state index < -0.39 is 0 Å². The minimum absolute atomic E-state index is 0. The minimum Gasteiger partial charge on any atom is -0.469 e. The molecule has 0 aliphatic heterocycles. The zero-order valence-corrected chi connectivity index (χ0v) is 20.3. The second-order valence-corrected chi connectivity index (χ2v) is 9.90. The fraction of sp³-hybridized carbons (Fsp3) is 0.300. The van der Waals surface area contributed by atoms with Crippen LogP contribution in [0.3, 0.4) is 0 Å². The van der Waals surface area contributed by atoms with Crippen molar-refractivity contribution in [2.75, 3.05) is 12.4 Å². The molecule has 1 aliphatic carbocycles. The van der Waals surface area contributed by atoms with Gasteiger partial charge >= 0.3 is 5.97 Å². The number of thiazole rings is 1. The van der Waals surface area contributed by atoms with Gasteiger partial charge in [-0.2, -0.15) is 0 Å². The van der Waals surface area contributed by atoms with Crippen molar-refractivity contribution in [3.8, 4) is 11.1 Å². The van der Waals surface area contributed by atoms with Gasteiger partial charge in [0.05, 0.1) is 28.9 Å². The minimum atomic E-state index is -0.384. The highest BCUT2D eigenvalue weighted by Gasteiger charge is 2.38. The molecule has 1 heterocycles. The molecule has 0 radical (unpaired) electrons. The van der Waals surface area contributed by atoms with Crippen LogP contribution < -0.4 is 5.32 Å². The van der Waals surface area contributed by atoms with Crippen LogP contribution in [0.15, 0.2) is 60.7 Å². The van der Waals surface area contributed by atoms with Gasteiger partial charge in [-0.25, -0.2) is 9.37 Å². The molecule has 194 valence electrons. The average Bonchev–Trinajstić information content (AvgIpc) is 3.52. The van der Waals surface area contributed by atoms with Gasteiger partial charge in [-0.15, -0.1) is 0 Å². The molecule has 2 atom stereocenters. The summed E-state index contributed by atoms with van der Waals surface area (Å²) in [5.41, 5.74) is 4.42. The van der Waals surface area contributed by atoms with Crippen LogP contribution in [0.1, 0.15) is 50.0 Å². The molecule has 7 heteroatoms. The highest BCUT2D eigenvalue weighted by molar-refractivity contribution is 7.22. The van der Waals surface area contributed by atoms with Crippen LogP contribution in [0, 0.1) is 24.6 Å². The Morgan fingerprint density at radius 2 is 1.70 bits per heavy atom. The first kappa shape index (κ1) is 28.0. The first-order valence-electron chi connectivity index (χ1n) is 11.6. The Labute approximate surface area is 221 Å². The maximum atomic E-state index is 14.9. The molecule has 0 saturated heterocycles. The van der Waals surface area contributed by atoms with E-state index in [1.165, 1.54) is 24.5 Å². The summed E-state index contributed by atoms with van der Waals surface area (Å²) in [6, 6.07) is 18.1. The third-order valence-electron chi connectivity index (χ3n) is 6.69. The molecule has 0 unspecified atom stereocenters. The van der Waals surface area contributed by atoms with Crippen molar-refractivity contribution in [1.29, 1.82) is 0 Å². The van der Waals surface area contributed by atoms with Crippen molar-refractivity contribution >= 4 is 44.1 Å². The lowest BCUT2D eigenvalue weighted by atomic mass is 9.88. The van der Waals surface area contributed by atoms with Crippen molar-refractivity contribution in [3.63, 3.8) is 0 Å². The second-order valence-electron chi connectivity index (χ2n) is 8.87. The number of benzene rings is 3. The zero-order chi connectivity index (χ0) is 24.5. The number of fused-ring (bicyclic) bond motifs is 1. The smallest absolute Gasteiger partial charge is 0.309 e. The van der Waals surface area contributed by atoms with Crippen LogP contribution in [-0.2, 0) is 9.53 Å². The predicted molar refractivity (Wildman–Crippen MR) is 150 cm³/mol. The number of nitrogens with zero attached hydrogens (tertiary/aromatic N) is 1. The summed E-state index contributed by atoms with van der Waals surface area (Å²) in [6.07, 6.45) is 2.20. The molecule has 0 spiro atoms. The molecule has 4 aromatic rings. The number of ketones is 1. The summed E-state index contributed by atoms with van der Waals surface area (Å²) >= 11 is 1.48. The van der Waals surface area contributed by atoms with Gasteiger partial charge in [0.1, 0.15) is 5.82 Å². The number of aryl methyl sites for hydroxylation is 1. The van der Waals surface area contributed by atoms with Gasteiger partial charge in [0.15, 0.2) is 10.9 Å². The molecule has 0 bridgehead atoms. The number of anilines is 2. The maximum Gasteiger partial charge on any atom is 0.309 e. The predicted octanol–water partition coefficient (Wildman–Crippen LogP) is 8.20. The molecular weight excluding hydrogens is 487 g/mol. The highest BCUT2D eigenvalue weighted by Crippen LogP contribution is 2.36. The summed E-state index contributed by atoms with van der Waals surface area (Å²) in [5.74, 6) is -1.46. The summed E-state index contributed by atoms with van der Waals surface area (Å²) in [6.45, 7) is 2.01. The zero-order valence-electron chi connectivity index (χ0n) is 19.5. The van der Waals surface area contributed by atoms with E-state index in [0.29, 0.717) is 34.8 Å². The topological polar surface area (TPSA) is 68.3 Å². The van der Waals surface area contributed by atoms with Crippen LogP contribution in [-0.4, -0.2) is 23.8 Å². The number of esters is 1. The summed E-state index contributed by atoms with van der Waals surface area (Å²) < 4.78 is 20.9. The van der Waals surface area contributed by atoms with E-state index in [2.05, 4.69) is 10.3 Å². The Hall–Kier alpha value is -3.58. The second kappa shape index (κ2) is 11.6. The number of ether oxygens (including phenoxy) is 1. The quantitative estimate of drug-likeness (QED) is 0.205. The van der Waals surface area contributed by atoms with E-state index in [1.54, 1.807) is 18.2 Å². The number of hydrogen-bond acceptors (Lipinski definition) is 6. The fourth-order valence-electron chi connectivity index (χ4n) is 4.80. The van der Waals surface area contributed by atoms with Crippen molar-refractivity contribution in [1.82, 2.24) is 4.98 Å². The standard InChI is InChI=1S/C28H25FN2O3S.2CH4/c1-16-5-3-8-24-25(16)31-28(35-24)30-23-14-13-19(15-22(23)29)17-9-11-18(12-10-17)26(32)20-6-4-7-21(20)27(33)34-2;;/h3,5,8-15,20-21H,4,6-7H2,1-2H3,(H,30,31);2*1H4/t20-,21-;;/m1../s1. The lowest BCUT2D eigenvalue weighted by molar-refractivity contribution is -0.146. The van der Waals surface area contributed by atoms with E-state index >= 15 is 0 Å². The average molecular weight is 521 g/mol. The number of carbonyl (C=O) groups excluding carboxylic acids is 2. The van der Waals surface area contributed by atoms with Gasteiger partial charge in [-0.1, -0.05) is 75.1 Å². The number of para-hydroxylation sites is 1. The summed E-state index contributed by atoms with van der Waals surface area (Å²) in [7, 11) is 1.36. The number of methoxy groups -OCH3 is 1. The summed E-state index contributed by atoms with van der Waals surface area (Å²) in [4.78, 5) is 29.6. The number of rotatable bonds is 6. The van der Waals surface area contributed by atoms with Crippen molar-refractivity contribution in [3.05, 3.63) is 77.6 Å². The van der Waals surface area contributed by atoms with Crippen LogP contribution in [0.4, 0.5) is 15.2 Å². The van der Waals surface area contributed by atoms with E-state index in [9.17, 15) is 14.0 Å². The molecule has 5 nitrogen and oxygen atoms in total. The third kappa shape index (κ3) is 5.57. The number of halogens is 1. The Morgan fingerprint density at radius 3 is 2.38 bits per heavy atom. The van der Waals surface area contributed by atoms with Gasteiger partial charge in [-0.3, -0.25) is 9.59 Å². The first-order valence-corrected chi connectivity index (χ1v) is 12.4. The monoisotopic (exact) mass is 520 g/mol. The van der Waals surface area contributed by atoms with E-state index in [1.807, 2.05) is 43.3 Å². The molecule has 1 aliphatic rings. The number of nitrogens with one attached hydrogen (secondary N) is 1. The largest absolute Gasteiger partial charge is 0.469 e. The first-order chi connectivity index (χ1) is 16.9. The molecule has 0 amide bonds. The third-order valence-corrected chi connectivity index (χ3v) is 7.63. The van der Waals surface area contributed by atoms with Gasteiger partial charge in [0.25, 0.3) is 0 Å². The van der Waals surface area contributed by atoms with Crippen LogP contribution in [0.5, 0.6) is 0 Å². The molecule has 1 saturated carbocycles. The molecule has 1 fully saturated rings. The Morgan fingerprint density at radius 1 is 1.00 bits per heavy atom. The fourth-order valence-corrected chi connectivity index (χ4v) is 5.76. The van der Waals surface area contributed by atoms with E-state index in [-0.39, 0.29) is 44.3 Å². The maximum absolute atomic E-state index is 14.9. The molecule has 1 aromatic heterocycles. The van der Waals surface area contributed by atoms with Gasteiger partial charge in [0.2, 0.25) is 0 Å². The Bertz CT molecular complexity index is 1410. The summed E-state index contributed by atoms with van der Waals surface area (Å²) in [5, 5.41) is 3.73. The highest BCUT2D eigenvalue weighted by atomic mass is 32.1. The normalized spacial score (nSPS) is 16.5. The number of hydrogen-bond donors (Lipinski definition) is 1. The lowest BCUT2D eigenvalue weighted by Crippen LogP contribution is -2.26. The number of carbonyl (C=O) groups is 2. The lowest BCUT2D eigenvalue weighted by Gasteiger charge is -2.16. The molecule has 3 aromatic carbocycles. The molecule has 5 rings (SSSR count). The molecule has 1 N–H and O–H groups in total. The van der Waals surface area contributed by atoms with Gasteiger partial charge in [-0.05, 0) is 54.7 Å². The van der Waals surface area contributed by atoms with Gasteiger partial charge in [0, 0.05) is 11.5 Å². The van der Waals surface area contributed by atoms with Crippen molar-refractivity contribution < 1.29 is 18.7 Å². The number of Topliss-reactive ketones (excluding diaryl/α,β-unsaturated/α-hetero) is 1. The number of aromatic nitrogens is 1. The van der Waals surface area contributed by atoms with Crippen LogP contribution in [0.25, 0.3) is 21.3 Å². The van der Waals surface area contributed by atoms with Crippen molar-refractivity contribution in [2.24, 2.45) is 11.8 Å². The van der Waals surface area contributed by atoms with E-state index in [4.69, 9.17) is 4.74 Å². The van der Waals surface area contributed by atoms with E-state index in [0.717, 1.165) is 27.8 Å². The van der Waals surface area contributed by atoms with Crippen LogP contribution >= 0.6 is 11.3 Å². The van der Waals surface area contributed by atoms with Crippen LogP contribution in [0.2, 0.25) is 0 Å². The SMILES string of the molecule is C.C.COC(=O)[C@@H]1CCC[C@H]1C(=O)c1ccc(-c2ccc(Nc3nc4c(C)cccc4s3)c(F)c2)cc1.